The van der Waals surface area contributed by atoms with Gasteiger partial charge in [-0.15, -0.1) is 6.08 Å². The molecule has 4 radical (unpaired) electrons. The van der Waals surface area contributed by atoms with Gasteiger partial charge in [-0.1, -0.05) is 0 Å². The molecule has 0 bridgehead atoms. The van der Waals surface area contributed by atoms with E-state index in [1.54, 1.807) is 0 Å². The number of rotatable bonds is 1. The predicted molar refractivity (Wildman–Crippen MR) is 32.5 cm³/mol. The second-order valence-corrected chi connectivity index (χ2v) is 0.686. The van der Waals surface area contributed by atoms with Crippen LogP contribution in [0.5, 0.6) is 0 Å². The van der Waals surface area contributed by atoms with Crippen LogP contribution in [0.1, 0.15) is 2.85 Å². The van der Waals surface area contributed by atoms with Crippen molar-refractivity contribution < 1.29 is 2.85 Å². The molecule has 0 rings (SSSR count). The zero-order valence-corrected chi connectivity index (χ0v) is 7.75. The third-order valence-electron chi connectivity index (χ3n) is 0.159. The number of hydrogen-bond donors (Lipinski definition) is 0. The number of halogens is 1. The summed E-state index contributed by atoms with van der Waals surface area (Å²) >= 11 is 4.88. The second kappa shape index (κ2) is 9.14. The first kappa shape index (κ1) is 9.78. The van der Waals surface area contributed by atoms with E-state index in [0.29, 0.717) is 0 Å². The van der Waals surface area contributed by atoms with Crippen molar-refractivity contribution in [1.29, 1.82) is 0 Å². The summed E-state index contributed by atoms with van der Waals surface area (Å²) in [7, 11) is 0. The molecule has 0 heterocycles. The summed E-state index contributed by atoms with van der Waals surface area (Å²) in [6.45, 7) is 4.81. The number of hydrogen-bond acceptors (Lipinski definition) is 0. The molecule has 0 aliphatic carbocycles. The molecule has 0 N–H and O–H groups in total. The van der Waals surface area contributed by atoms with E-state index in [0.717, 1.165) is 0 Å². The second-order valence-electron chi connectivity index (χ2n) is 0.468. The molecule has 0 aromatic rings. The molecule has 0 aliphatic rings. The van der Waals surface area contributed by atoms with Crippen LogP contribution >= 0.6 is 11.6 Å². The molecule has 0 nitrogen and oxygen atoms in total. The molecular weight excluding hydrogens is 291 g/mol. The average molecular weight is 298 g/mol. The van der Waals surface area contributed by atoms with Crippen LogP contribution in [-0.4, -0.2) is 27.3 Å². The van der Waals surface area contributed by atoms with Crippen LogP contribution in [-0.2, 0) is 0 Å². The zero-order chi connectivity index (χ0) is 4.12. The van der Waals surface area contributed by atoms with E-state index < -0.39 is 0 Å². The molecule has 0 aromatic carbocycles. The summed E-state index contributed by atoms with van der Waals surface area (Å²) in [5, 5.41) is 0. The first-order chi connectivity index (χ1) is 2.41. The Morgan fingerprint density at radius 1 is 1.83 bits per heavy atom. The van der Waals surface area contributed by atoms with Gasteiger partial charge in [-0.2, -0.15) is 6.58 Å². The fourth-order valence-electron chi connectivity index (χ4n) is 0.0364. The molecule has 0 saturated carbocycles. The Morgan fingerprint density at radius 3 is 2.33 bits per heavy atom. The largest absolute Gasteiger partial charge is 0.187 e. The average Bonchev–Trinajstić information content (AvgIpc) is 1.41. The summed E-state index contributed by atoms with van der Waals surface area (Å²) < 4.78 is 0. The first-order valence-electron chi connectivity index (χ1n) is 1.14. The minimum atomic E-state index is 0. The fourth-order valence-corrected chi connectivity index (χ4v) is 0.109. The van der Waals surface area contributed by atoms with Crippen molar-refractivity contribution in [3.63, 3.8) is 0 Å². The molecule has 0 aromatic heterocycles. The Labute approximate surface area is 66.0 Å². The summed E-state index contributed by atoms with van der Waals surface area (Å²) in [6, 6.07) is 0. The Kier molecular flexibility index (Phi) is 14.9. The van der Waals surface area contributed by atoms with Gasteiger partial charge in [0.05, 0.1) is 17.1 Å². The van der Waals surface area contributed by atoms with Gasteiger partial charge in [0, 0.05) is 36.2 Å². The Morgan fingerprint density at radius 2 is 2.33 bits per heavy atom. The van der Waals surface area contributed by atoms with Crippen molar-refractivity contribution >= 4 is 38.9 Å². The summed E-state index contributed by atoms with van der Waals surface area (Å²) in [5.41, 5.74) is 2.18. The smallest absolute Gasteiger partial charge is 0.0864 e. The molecular formula is C4H7ClPb. The normalized spacial score (nSPS) is 6.17. The Bertz CT molecular complexity index is 56.0. The fraction of sp³-hybridized carbons (Fsp3) is 0. The van der Waals surface area contributed by atoms with E-state index in [9.17, 15) is 0 Å². The summed E-state index contributed by atoms with van der Waals surface area (Å²) in [5.74, 6) is 0. The van der Waals surface area contributed by atoms with Gasteiger partial charge in [0.1, 0.15) is 0 Å². The van der Waals surface area contributed by atoms with Crippen LogP contribution in [0.25, 0.3) is 0 Å². The molecule has 0 atom stereocenters. The Balaban J connectivity index is -0.0000000267. The summed E-state index contributed by atoms with van der Waals surface area (Å²) in [6.07, 6.45) is 2.73. The van der Waals surface area contributed by atoms with Crippen molar-refractivity contribution in [3.8, 4) is 0 Å². The topological polar surface area (TPSA) is 0 Å². The van der Waals surface area contributed by atoms with E-state index in [2.05, 4.69) is 5.54 Å². The van der Waals surface area contributed by atoms with Crippen LogP contribution < -0.4 is 0 Å². The van der Waals surface area contributed by atoms with Crippen LogP contribution in [0.15, 0.2) is 12.2 Å². The van der Waals surface area contributed by atoms with E-state index in [-0.39, 0.29) is 30.2 Å². The first-order valence-corrected chi connectivity index (χ1v) is 1.52. The maximum atomic E-state index is 4.88. The van der Waals surface area contributed by atoms with E-state index >= 15 is 0 Å². The van der Waals surface area contributed by atoms with Crippen LogP contribution in [0, 0.1) is 12.1 Å². The molecule has 6 heavy (non-hydrogen) atoms. The van der Waals surface area contributed by atoms with Gasteiger partial charge in [0.15, 0.2) is 0 Å². The molecule has 0 unspecified atom stereocenters. The van der Waals surface area contributed by atoms with Crippen molar-refractivity contribution in [2.75, 3.05) is 0 Å². The van der Waals surface area contributed by atoms with E-state index in [1.807, 2.05) is 0 Å². The maximum absolute atomic E-state index is 4.88. The molecule has 2 heteroatoms. The maximum Gasteiger partial charge on any atom is 0.0864 e. The number of allylic oxidation sites excluding steroid dienone is 2. The van der Waals surface area contributed by atoms with Gasteiger partial charge in [0.2, 0.25) is 0 Å². The minimum Gasteiger partial charge on any atom is -0.187 e. The van der Waals surface area contributed by atoms with Crippen LogP contribution in [0.4, 0.5) is 0 Å². The molecule has 0 spiro atoms. The Hall–Kier alpha value is 0.602. The molecule has 0 aliphatic heterocycles. The standard InChI is InChI=1S/C4H3Cl.Pb.2H2/c1-2-3-4-5;;;/h1-3H;;2*1H. The van der Waals surface area contributed by atoms with Gasteiger partial charge in [-0.25, -0.2) is 0 Å². The summed E-state index contributed by atoms with van der Waals surface area (Å²) in [4.78, 5) is 0. The van der Waals surface area contributed by atoms with Gasteiger partial charge in [-0.3, -0.25) is 0 Å². The van der Waals surface area contributed by atoms with Gasteiger partial charge >= 0.3 is 0 Å². The third-order valence-corrected chi connectivity index (χ3v) is 0.285. The predicted octanol–water partition coefficient (Wildman–Crippen LogP) is 1.64. The van der Waals surface area contributed by atoms with Gasteiger partial charge < -0.3 is 0 Å². The van der Waals surface area contributed by atoms with Gasteiger partial charge in [-0.05, 0) is 0 Å². The van der Waals surface area contributed by atoms with Crippen molar-refractivity contribution in [2.45, 2.75) is 0 Å². The third kappa shape index (κ3) is 8.82. The van der Waals surface area contributed by atoms with Gasteiger partial charge in [0.25, 0.3) is 0 Å². The monoisotopic (exact) mass is 298 g/mol. The molecule has 0 saturated heterocycles. The molecule has 34 valence electrons. The van der Waals surface area contributed by atoms with Crippen LogP contribution in [0.2, 0.25) is 0 Å². The molecule has 0 amide bonds. The van der Waals surface area contributed by atoms with Crippen LogP contribution in [0.3, 0.4) is 0 Å². The van der Waals surface area contributed by atoms with E-state index in [1.165, 1.54) is 12.2 Å². The zero-order valence-electron chi connectivity index (χ0n) is 3.11. The van der Waals surface area contributed by atoms with E-state index in [4.69, 9.17) is 18.2 Å². The SMILES string of the molecule is [CH-]=CC=[C+]Cl.[HH].[HH].[Pb]. The van der Waals surface area contributed by atoms with Crippen molar-refractivity contribution in [3.05, 3.63) is 24.3 Å². The minimum absolute atomic E-state index is 0. The quantitative estimate of drug-likeness (QED) is 0.392. The van der Waals surface area contributed by atoms with Crippen molar-refractivity contribution in [1.82, 2.24) is 0 Å². The molecule has 0 fully saturated rings. The van der Waals surface area contributed by atoms with Crippen molar-refractivity contribution in [2.24, 2.45) is 0 Å².